The fourth-order valence-electron chi connectivity index (χ4n) is 5.56. The lowest BCUT2D eigenvalue weighted by Crippen LogP contribution is -2.55. The molecule has 3 rings (SSSR count). The highest BCUT2D eigenvalue weighted by molar-refractivity contribution is 6.31. The maximum atomic E-state index is 13.8. The summed E-state index contributed by atoms with van der Waals surface area (Å²) in [7, 11) is 1.72. The maximum Gasteiger partial charge on any atom is 0.255 e. The van der Waals surface area contributed by atoms with Crippen molar-refractivity contribution in [3.05, 3.63) is 58.1 Å². The minimum Gasteiger partial charge on any atom is -0.491 e. The first-order valence-corrected chi connectivity index (χ1v) is 16.8. The summed E-state index contributed by atoms with van der Waals surface area (Å²) in [6.07, 6.45) is 0.716. The summed E-state index contributed by atoms with van der Waals surface area (Å²) in [6.45, 7) is 14.5. The monoisotopic (exact) mass is 670 g/mol. The summed E-state index contributed by atoms with van der Waals surface area (Å²) < 4.78 is 12.2. The predicted octanol–water partition coefficient (Wildman–Crippen LogP) is 5.25. The summed E-state index contributed by atoms with van der Waals surface area (Å²) in [4.78, 5) is 55.9. The van der Waals surface area contributed by atoms with E-state index in [1.54, 1.807) is 36.2 Å². The lowest BCUT2D eigenvalue weighted by atomic mass is 9.99. The third-order valence-corrected chi connectivity index (χ3v) is 8.53. The van der Waals surface area contributed by atoms with Gasteiger partial charge in [-0.25, -0.2) is 0 Å². The fourth-order valence-corrected chi connectivity index (χ4v) is 5.73. The zero-order valence-corrected chi connectivity index (χ0v) is 29.7. The molecule has 10 nitrogen and oxygen atoms in total. The minimum absolute atomic E-state index is 0.114. The summed E-state index contributed by atoms with van der Waals surface area (Å²) >= 11 is 6.32. The first-order valence-electron chi connectivity index (χ1n) is 16.5. The molecular weight excluding hydrogens is 620 g/mol. The normalized spacial score (nSPS) is 19.5. The number of hydrogen-bond donors (Lipinski definition) is 3. The standard InChI is InChI=1S/C36H51ClN4O6/c1-21(2)15-25-20-47-31-12-10-9-11-26(31)34(43)40-29(19-33(42)39-30(16-22(3)4)36(45)41(25)8)35(44)38-13-14-46-32-17-24(7)28(37)18-27(32)23(5)6/h9-12,17-18,21-23,25,29-30H,13-16,19-20H2,1-8H3,(H,38,44)(H,39,42)(H,40,43)/t25-,29+,30+/m1/s1. The number of nitrogens with one attached hydrogen (secondary N) is 3. The van der Waals surface area contributed by atoms with Crippen molar-refractivity contribution in [2.24, 2.45) is 11.8 Å². The summed E-state index contributed by atoms with van der Waals surface area (Å²) in [5, 5.41) is 9.03. The zero-order valence-electron chi connectivity index (χ0n) is 28.9. The van der Waals surface area contributed by atoms with Gasteiger partial charge in [0.05, 0.1) is 24.6 Å². The molecule has 47 heavy (non-hydrogen) atoms. The molecule has 2 aromatic rings. The van der Waals surface area contributed by atoms with Crippen LogP contribution in [0.5, 0.6) is 11.5 Å². The van der Waals surface area contributed by atoms with Crippen molar-refractivity contribution < 1.29 is 28.7 Å². The van der Waals surface area contributed by atoms with Crippen molar-refractivity contribution in [2.75, 3.05) is 26.8 Å². The summed E-state index contributed by atoms with van der Waals surface area (Å²) in [5.74, 6) is -0.291. The van der Waals surface area contributed by atoms with Crippen molar-refractivity contribution in [2.45, 2.75) is 91.8 Å². The Bertz CT molecular complexity index is 1410. The molecule has 0 bridgehead atoms. The van der Waals surface area contributed by atoms with Crippen LogP contribution in [0.1, 0.15) is 88.2 Å². The molecule has 1 aliphatic heterocycles. The van der Waals surface area contributed by atoms with E-state index in [9.17, 15) is 19.2 Å². The van der Waals surface area contributed by atoms with Gasteiger partial charge in [0.2, 0.25) is 17.7 Å². The van der Waals surface area contributed by atoms with Gasteiger partial charge < -0.3 is 30.3 Å². The lowest BCUT2D eigenvalue weighted by molar-refractivity contribution is -0.138. The molecule has 0 saturated carbocycles. The Hall–Kier alpha value is -3.79. The summed E-state index contributed by atoms with van der Waals surface area (Å²) in [6, 6.07) is 8.19. The average Bonchev–Trinajstić information content (AvgIpc) is 3.00. The van der Waals surface area contributed by atoms with E-state index in [0.29, 0.717) is 29.4 Å². The van der Waals surface area contributed by atoms with E-state index in [0.717, 1.165) is 11.1 Å². The van der Waals surface area contributed by atoms with Crippen LogP contribution in [-0.4, -0.2) is 73.5 Å². The van der Waals surface area contributed by atoms with Crippen molar-refractivity contribution >= 4 is 35.2 Å². The van der Waals surface area contributed by atoms with Crippen molar-refractivity contribution in [1.82, 2.24) is 20.9 Å². The molecule has 2 aromatic carbocycles. The van der Waals surface area contributed by atoms with Crippen LogP contribution in [0.3, 0.4) is 0 Å². The lowest BCUT2D eigenvalue weighted by Gasteiger charge is -2.33. The largest absolute Gasteiger partial charge is 0.491 e. The van der Waals surface area contributed by atoms with Gasteiger partial charge in [-0.2, -0.15) is 0 Å². The van der Waals surface area contributed by atoms with Gasteiger partial charge in [0.25, 0.3) is 5.91 Å². The van der Waals surface area contributed by atoms with Gasteiger partial charge in [0.15, 0.2) is 0 Å². The Balaban J connectivity index is 1.85. The molecule has 4 amide bonds. The average molecular weight is 671 g/mol. The van der Waals surface area contributed by atoms with Crippen LogP contribution in [0, 0.1) is 18.8 Å². The highest BCUT2D eigenvalue weighted by atomic mass is 35.5. The highest BCUT2D eigenvalue weighted by Crippen LogP contribution is 2.32. The molecular formula is C36H51ClN4O6. The van der Waals surface area contributed by atoms with Gasteiger partial charge in [0, 0.05) is 12.1 Å². The van der Waals surface area contributed by atoms with Gasteiger partial charge >= 0.3 is 0 Å². The number of likely N-dealkylation sites (N-methyl/N-ethyl adjacent to an activating group) is 1. The van der Waals surface area contributed by atoms with Crippen LogP contribution in [0.2, 0.25) is 5.02 Å². The second kappa shape index (κ2) is 17.4. The molecule has 0 saturated heterocycles. The molecule has 0 aromatic heterocycles. The van der Waals surface area contributed by atoms with E-state index in [2.05, 4.69) is 29.8 Å². The summed E-state index contributed by atoms with van der Waals surface area (Å²) in [5.41, 5.74) is 2.05. The number of halogens is 1. The molecule has 0 radical (unpaired) electrons. The molecule has 258 valence electrons. The van der Waals surface area contributed by atoms with Gasteiger partial charge in [-0.15, -0.1) is 0 Å². The van der Waals surface area contributed by atoms with E-state index in [1.165, 1.54) is 0 Å². The number of carbonyl (C=O) groups excluding carboxylic acids is 4. The molecule has 0 aliphatic carbocycles. The Labute approximate surface area is 284 Å². The SMILES string of the molecule is Cc1cc(OCCNC(=O)[C@@H]2CC(=O)N[C@@H](CC(C)C)C(=O)N(C)[C@H](CC(C)C)COc3ccccc3C(=O)N2)c(C(C)C)cc1Cl. The molecule has 1 aliphatic rings. The molecule has 0 fully saturated rings. The Kier molecular flexibility index (Phi) is 13.9. The molecule has 3 atom stereocenters. The fraction of sp³-hybridized carbons (Fsp3) is 0.556. The molecule has 1 heterocycles. The third kappa shape index (κ3) is 10.9. The van der Waals surface area contributed by atoms with E-state index in [4.69, 9.17) is 21.1 Å². The van der Waals surface area contributed by atoms with Crippen molar-refractivity contribution in [1.29, 1.82) is 0 Å². The predicted molar refractivity (Wildman–Crippen MR) is 184 cm³/mol. The molecule has 11 heteroatoms. The van der Waals surface area contributed by atoms with Gasteiger partial charge in [-0.3, -0.25) is 19.2 Å². The van der Waals surface area contributed by atoms with Crippen molar-refractivity contribution in [3.8, 4) is 11.5 Å². The van der Waals surface area contributed by atoms with Crippen LogP contribution < -0.4 is 25.4 Å². The van der Waals surface area contributed by atoms with Crippen LogP contribution in [0.15, 0.2) is 36.4 Å². The molecule has 0 unspecified atom stereocenters. The third-order valence-electron chi connectivity index (χ3n) is 8.13. The number of benzene rings is 2. The Morgan fingerprint density at radius 2 is 1.72 bits per heavy atom. The highest BCUT2D eigenvalue weighted by Gasteiger charge is 2.33. The number of nitrogens with zero attached hydrogens (tertiary/aromatic N) is 1. The van der Waals surface area contributed by atoms with E-state index in [-0.39, 0.29) is 61.4 Å². The number of fused-ring (bicyclic) bond motifs is 1. The van der Waals surface area contributed by atoms with Gasteiger partial charge in [-0.1, -0.05) is 65.3 Å². The zero-order chi connectivity index (χ0) is 34.8. The number of carbonyl (C=O) groups is 4. The van der Waals surface area contributed by atoms with Gasteiger partial charge in [-0.05, 0) is 72.9 Å². The van der Waals surface area contributed by atoms with Crippen LogP contribution in [0.25, 0.3) is 0 Å². The topological polar surface area (TPSA) is 126 Å². The van der Waals surface area contributed by atoms with E-state index >= 15 is 0 Å². The van der Waals surface area contributed by atoms with E-state index in [1.807, 2.05) is 46.8 Å². The second-order valence-electron chi connectivity index (χ2n) is 13.5. The quantitative estimate of drug-likeness (QED) is 0.297. The number of aryl methyl sites for hydroxylation is 1. The van der Waals surface area contributed by atoms with Crippen LogP contribution in [-0.2, 0) is 14.4 Å². The number of rotatable bonds is 10. The minimum atomic E-state index is -1.22. The number of amides is 4. The second-order valence-corrected chi connectivity index (χ2v) is 13.9. The first kappa shape index (κ1) is 37.7. The van der Waals surface area contributed by atoms with Gasteiger partial charge in [0.1, 0.15) is 36.8 Å². The van der Waals surface area contributed by atoms with E-state index < -0.39 is 29.8 Å². The Morgan fingerprint density at radius 1 is 1.04 bits per heavy atom. The van der Waals surface area contributed by atoms with Crippen LogP contribution in [0.4, 0.5) is 0 Å². The smallest absolute Gasteiger partial charge is 0.255 e. The number of hydrogen-bond acceptors (Lipinski definition) is 6. The Morgan fingerprint density at radius 3 is 2.38 bits per heavy atom. The van der Waals surface area contributed by atoms with Crippen molar-refractivity contribution in [3.63, 3.8) is 0 Å². The number of ether oxygens (including phenoxy) is 2. The number of para-hydroxylation sites is 1. The van der Waals surface area contributed by atoms with Crippen LogP contribution >= 0.6 is 11.6 Å². The molecule has 3 N–H and O–H groups in total. The maximum absolute atomic E-state index is 13.8. The first-order chi connectivity index (χ1) is 22.2. The molecule has 0 spiro atoms.